The van der Waals surface area contributed by atoms with Gasteiger partial charge in [-0.3, -0.25) is 9.59 Å². The van der Waals surface area contributed by atoms with Crippen molar-refractivity contribution >= 4 is 39.2 Å². The van der Waals surface area contributed by atoms with Gasteiger partial charge in [0.05, 0.1) is 16.8 Å². The van der Waals surface area contributed by atoms with Gasteiger partial charge in [0.25, 0.3) is 11.5 Å². The number of fused-ring (bicyclic) bond motifs is 2. The number of aromatic hydroxyl groups is 1. The number of nitrogens with one attached hydrogen (secondary N) is 1. The molecule has 6 nitrogen and oxygen atoms in total. The molecule has 2 aromatic heterocycles. The molecule has 36 heavy (non-hydrogen) atoms. The normalized spacial score (nSPS) is 15.4. The largest absolute Gasteiger partial charge is 0.494 e. The molecule has 6 rings (SSSR count). The minimum Gasteiger partial charge on any atom is -0.494 e. The first-order valence-corrected chi connectivity index (χ1v) is 13.3. The number of thiophene rings is 1. The number of aryl methyl sites for hydroxylation is 2. The number of rotatable bonds is 5. The zero-order valence-electron chi connectivity index (χ0n) is 20.1. The third-order valence-electron chi connectivity index (χ3n) is 7.00. The Bertz CT molecular complexity index is 1580. The second-order valence-electron chi connectivity index (χ2n) is 9.66. The van der Waals surface area contributed by atoms with E-state index < -0.39 is 0 Å². The number of hydrogen-bond donors (Lipinski definition) is 2. The van der Waals surface area contributed by atoms with Gasteiger partial charge in [0.1, 0.15) is 5.00 Å². The molecule has 0 spiro atoms. The van der Waals surface area contributed by atoms with E-state index in [1.165, 1.54) is 9.44 Å². The van der Waals surface area contributed by atoms with Crippen LogP contribution in [0.1, 0.15) is 57.6 Å². The highest BCUT2D eigenvalue weighted by Gasteiger charge is 2.30. The number of carbonyl (C=O) groups is 1. The van der Waals surface area contributed by atoms with Crippen LogP contribution in [0.4, 0.5) is 5.00 Å². The van der Waals surface area contributed by atoms with E-state index in [1.807, 2.05) is 49.4 Å². The summed E-state index contributed by atoms with van der Waals surface area (Å²) in [7, 11) is 0. The number of benzene rings is 2. The number of aliphatic imine (C=N–C) groups is 1. The molecule has 1 amide bonds. The summed E-state index contributed by atoms with van der Waals surface area (Å²) in [5.41, 5.74) is 3.60. The number of aromatic nitrogens is 1. The summed E-state index contributed by atoms with van der Waals surface area (Å²) >= 11 is 1.56. The molecule has 7 heteroatoms. The molecule has 2 heterocycles. The van der Waals surface area contributed by atoms with Gasteiger partial charge in [-0.05, 0) is 69.2 Å². The standard InChI is InChI=1S/C29H27N3O3S/c1-17-10-14-19(15-11-17)32-28(34)21-7-3-2-6-20(21)23(29(32)35)16-30-27-25(26(33)31-18-12-13-18)22-8-4-5-9-24(22)36-27/h2-3,6-7,10-11,14-16,18,35H,4-5,8-9,12-13H2,1H3,(H,31,33). The average molecular weight is 498 g/mol. The van der Waals surface area contributed by atoms with Crippen LogP contribution in [0.2, 0.25) is 0 Å². The lowest BCUT2D eigenvalue weighted by atomic mass is 9.95. The lowest BCUT2D eigenvalue weighted by Crippen LogP contribution is -2.26. The summed E-state index contributed by atoms with van der Waals surface area (Å²) in [4.78, 5) is 32.5. The molecular weight excluding hydrogens is 470 g/mol. The minimum absolute atomic E-state index is 0.0530. The zero-order chi connectivity index (χ0) is 24.8. The Morgan fingerprint density at radius 2 is 1.81 bits per heavy atom. The van der Waals surface area contributed by atoms with Gasteiger partial charge < -0.3 is 10.4 Å². The first-order chi connectivity index (χ1) is 17.5. The fourth-order valence-corrected chi connectivity index (χ4v) is 6.14. The summed E-state index contributed by atoms with van der Waals surface area (Å²) in [6.45, 7) is 1.97. The Morgan fingerprint density at radius 1 is 1.08 bits per heavy atom. The van der Waals surface area contributed by atoms with Gasteiger partial charge in [0.15, 0.2) is 0 Å². The second kappa shape index (κ2) is 9.06. The van der Waals surface area contributed by atoms with Gasteiger partial charge in [-0.1, -0.05) is 35.9 Å². The van der Waals surface area contributed by atoms with Crippen molar-refractivity contribution in [3.63, 3.8) is 0 Å². The Hall–Kier alpha value is -3.71. The maximum Gasteiger partial charge on any atom is 0.265 e. The van der Waals surface area contributed by atoms with Crippen LogP contribution in [-0.2, 0) is 12.8 Å². The van der Waals surface area contributed by atoms with Crippen LogP contribution in [0.3, 0.4) is 0 Å². The van der Waals surface area contributed by atoms with Crippen LogP contribution >= 0.6 is 11.3 Å². The number of hydrogen-bond acceptors (Lipinski definition) is 5. The van der Waals surface area contributed by atoms with Gasteiger partial charge in [-0.2, -0.15) is 0 Å². The van der Waals surface area contributed by atoms with E-state index in [0.717, 1.165) is 49.7 Å². The van der Waals surface area contributed by atoms with Crippen LogP contribution in [0.5, 0.6) is 5.88 Å². The van der Waals surface area contributed by atoms with Gasteiger partial charge >= 0.3 is 0 Å². The molecule has 1 saturated carbocycles. The summed E-state index contributed by atoms with van der Waals surface area (Å²) < 4.78 is 1.32. The van der Waals surface area contributed by atoms with E-state index in [2.05, 4.69) is 5.32 Å². The van der Waals surface area contributed by atoms with Crippen molar-refractivity contribution in [2.45, 2.75) is 51.5 Å². The summed E-state index contributed by atoms with van der Waals surface area (Å²) in [5, 5.41) is 16.2. The van der Waals surface area contributed by atoms with Crippen LogP contribution in [0.25, 0.3) is 16.5 Å². The predicted octanol–water partition coefficient (Wildman–Crippen LogP) is 5.59. The number of carbonyl (C=O) groups excluding carboxylic acids is 1. The first kappa shape index (κ1) is 22.7. The van der Waals surface area contributed by atoms with Gasteiger partial charge in [-0.15, -0.1) is 11.3 Å². The van der Waals surface area contributed by atoms with Crippen molar-refractivity contribution in [3.05, 3.63) is 86.0 Å². The van der Waals surface area contributed by atoms with E-state index >= 15 is 0 Å². The summed E-state index contributed by atoms with van der Waals surface area (Å²) in [5.74, 6) is -0.223. The van der Waals surface area contributed by atoms with E-state index in [1.54, 1.807) is 23.6 Å². The fraction of sp³-hybridized carbons (Fsp3) is 0.276. The molecule has 2 aliphatic rings. The van der Waals surface area contributed by atoms with Crippen molar-refractivity contribution in [2.75, 3.05) is 0 Å². The summed E-state index contributed by atoms with van der Waals surface area (Å²) in [6, 6.07) is 15.0. The highest BCUT2D eigenvalue weighted by atomic mass is 32.1. The molecule has 1 fully saturated rings. The summed E-state index contributed by atoms with van der Waals surface area (Å²) in [6.07, 6.45) is 7.70. The SMILES string of the molecule is Cc1ccc(-n2c(O)c(C=Nc3sc4c(c3C(=O)NC3CC3)CCCC4)c3ccccc3c2=O)cc1. The molecule has 0 unspecified atom stereocenters. The molecule has 0 aliphatic heterocycles. The number of pyridine rings is 1. The zero-order valence-corrected chi connectivity index (χ0v) is 20.9. The molecule has 0 bridgehead atoms. The molecule has 2 aliphatic carbocycles. The monoisotopic (exact) mass is 497 g/mol. The molecular formula is C29H27N3O3S. The van der Waals surface area contributed by atoms with E-state index in [-0.39, 0.29) is 23.4 Å². The van der Waals surface area contributed by atoms with Crippen LogP contribution < -0.4 is 10.9 Å². The van der Waals surface area contributed by atoms with Crippen LogP contribution in [0.15, 0.2) is 58.3 Å². The first-order valence-electron chi connectivity index (χ1n) is 12.4. The quantitative estimate of drug-likeness (QED) is 0.353. The van der Waals surface area contributed by atoms with Crippen molar-refractivity contribution in [2.24, 2.45) is 4.99 Å². The van der Waals surface area contributed by atoms with E-state index in [4.69, 9.17) is 4.99 Å². The molecule has 0 atom stereocenters. The van der Waals surface area contributed by atoms with Crippen molar-refractivity contribution in [1.29, 1.82) is 0 Å². The number of amides is 1. The maximum atomic E-state index is 13.4. The minimum atomic E-state index is -0.291. The predicted molar refractivity (Wildman–Crippen MR) is 145 cm³/mol. The van der Waals surface area contributed by atoms with E-state index in [9.17, 15) is 14.7 Å². The highest BCUT2D eigenvalue weighted by molar-refractivity contribution is 7.16. The molecule has 2 aromatic carbocycles. The van der Waals surface area contributed by atoms with Crippen LogP contribution in [-0.4, -0.2) is 27.8 Å². The fourth-order valence-electron chi connectivity index (χ4n) is 4.91. The topological polar surface area (TPSA) is 83.7 Å². The lowest BCUT2D eigenvalue weighted by molar-refractivity contribution is 0.0951. The third kappa shape index (κ3) is 4.03. The molecule has 182 valence electrons. The molecule has 0 saturated heterocycles. The highest BCUT2D eigenvalue weighted by Crippen LogP contribution is 2.40. The Balaban J connectivity index is 1.51. The Labute approximate surface area is 212 Å². The van der Waals surface area contributed by atoms with Crippen molar-refractivity contribution < 1.29 is 9.90 Å². The maximum absolute atomic E-state index is 13.4. The van der Waals surface area contributed by atoms with Gasteiger partial charge in [0, 0.05) is 27.9 Å². The van der Waals surface area contributed by atoms with Gasteiger partial charge in [0.2, 0.25) is 5.88 Å². The van der Waals surface area contributed by atoms with Crippen LogP contribution in [0, 0.1) is 6.92 Å². The molecule has 0 radical (unpaired) electrons. The molecule has 2 N–H and O–H groups in total. The lowest BCUT2D eigenvalue weighted by Gasteiger charge is -2.14. The second-order valence-corrected chi connectivity index (χ2v) is 10.7. The van der Waals surface area contributed by atoms with Crippen molar-refractivity contribution in [3.8, 4) is 11.6 Å². The van der Waals surface area contributed by atoms with E-state index in [0.29, 0.717) is 32.6 Å². The Kier molecular flexibility index (Phi) is 5.72. The smallest absolute Gasteiger partial charge is 0.265 e. The van der Waals surface area contributed by atoms with Crippen molar-refractivity contribution in [1.82, 2.24) is 9.88 Å². The average Bonchev–Trinajstić information content (AvgIpc) is 3.62. The number of nitrogens with zero attached hydrogens (tertiary/aromatic N) is 2. The molecule has 4 aromatic rings. The Morgan fingerprint density at radius 3 is 2.56 bits per heavy atom. The third-order valence-corrected chi connectivity index (χ3v) is 8.20. The van der Waals surface area contributed by atoms with Gasteiger partial charge in [-0.25, -0.2) is 9.56 Å².